The second-order valence-corrected chi connectivity index (χ2v) is 4.90. The van der Waals surface area contributed by atoms with Gasteiger partial charge in [-0.3, -0.25) is 4.79 Å². The van der Waals surface area contributed by atoms with Crippen molar-refractivity contribution in [3.8, 4) is 0 Å². The maximum Gasteiger partial charge on any atom is 0.315 e. The van der Waals surface area contributed by atoms with E-state index in [2.05, 4.69) is 0 Å². The van der Waals surface area contributed by atoms with Crippen molar-refractivity contribution in [1.29, 1.82) is 0 Å². The monoisotopic (exact) mass is 234 g/mol. The first-order chi connectivity index (χ1) is 7.48. The number of carboxylic acids is 1. The lowest BCUT2D eigenvalue weighted by atomic mass is 9.66. The highest BCUT2D eigenvalue weighted by atomic mass is 19.3. The van der Waals surface area contributed by atoms with E-state index in [-0.39, 0.29) is 25.4 Å². The van der Waals surface area contributed by atoms with Gasteiger partial charge in [0.1, 0.15) is 12.0 Å². The first-order valence-corrected chi connectivity index (χ1v) is 5.67. The summed E-state index contributed by atoms with van der Waals surface area (Å²) in [6.45, 7) is -0.638. The fourth-order valence-electron chi connectivity index (χ4n) is 2.56. The fraction of sp³-hybridized carbons (Fsp3) is 0.909. The number of ether oxygens (including phenoxy) is 1. The third kappa shape index (κ3) is 1.71. The molecular weight excluding hydrogens is 218 g/mol. The lowest BCUT2D eigenvalue weighted by molar-refractivity contribution is -0.224. The standard InChI is InChI=1S/C11H16F2O3/c12-11(13)7-16-5-4-10(11,9(14)15)6-8-2-1-3-8/h8H,1-7H2,(H,14,15). The topological polar surface area (TPSA) is 46.5 Å². The molecule has 16 heavy (non-hydrogen) atoms. The maximum atomic E-state index is 13.8. The third-order valence-electron chi connectivity index (χ3n) is 3.93. The highest BCUT2D eigenvalue weighted by Crippen LogP contribution is 2.50. The predicted molar refractivity (Wildman–Crippen MR) is 52.4 cm³/mol. The molecule has 0 aromatic rings. The average Bonchev–Trinajstić information content (AvgIpc) is 2.12. The summed E-state index contributed by atoms with van der Waals surface area (Å²) in [4.78, 5) is 11.2. The summed E-state index contributed by atoms with van der Waals surface area (Å²) in [6.07, 6.45) is 2.81. The zero-order valence-corrected chi connectivity index (χ0v) is 9.05. The number of carbonyl (C=O) groups is 1. The van der Waals surface area contributed by atoms with Gasteiger partial charge in [-0.15, -0.1) is 0 Å². The molecule has 92 valence electrons. The van der Waals surface area contributed by atoms with Crippen molar-refractivity contribution in [1.82, 2.24) is 0 Å². The molecule has 1 saturated carbocycles. The van der Waals surface area contributed by atoms with E-state index in [1.165, 1.54) is 0 Å². The first kappa shape index (κ1) is 11.8. The molecule has 0 aromatic carbocycles. The minimum absolute atomic E-state index is 0.0775. The van der Waals surface area contributed by atoms with Gasteiger partial charge in [0.25, 0.3) is 5.92 Å². The van der Waals surface area contributed by atoms with Crippen molar-refractivity contribution < 1.29 is 23.4 Å². The number of alkyl halides is 2. The lowest BCUT2D eigenvalue weighted by Gasteiger charge is -2.43. The second-order valence-electron chi connectivity index (χ2n) is 4.90. The van der Waals surface area contributed by atoms with E-state index in [9.17, 15) is 13.6 Å². The van der Waals surface area contributed by atoms with Crippen LogP contribution in [-0.2, 0) is 9.53 Å². The molecule has 0 amide bonds. The van der Waals surface area contributed by atoms with Crippen molar-refractivity contribution in [3.05, 3.63) is 0 Å². The Morgan fingerprint density at radius 3 is 2.56 bits per heavy atom. The summed E-state index contributed by atoms with van der Waals surface area (Å²) in [6, 6.07) is 0. The molecule has 3 nitrogen and oxygen atoms in total. The number of rotatable bonds is 3. The van der Waals surface area contributed by atoms with Crippen LogP contribution in [0.3, 0.4) is 0 Å². The molecule has 1 atom stereocenters. The summed E-state index contributed by atoms with van der Waals surface area (Å²) in [5.41, 5.74) is -1.89. The van der Waals surface area contributed by atoms with Crippen LogP contribution in [0.2, 0.25) is 0 Å². The summed E-state index contributed by atoms with van der Waals surface area (Å²) < 4.78 is 32.3. The van der Waals surface area contributed by atoms with Crippen LogP contribution in [0.1, 0.15) is 32.1 Å². The van der Waals surface area contributed by atoms with Gasteiger partial charge in [-0.2, -0.15) is 0 Å². The molecule has 1 saturated heterocycles. The Morgan fingerprint density at radius 1 is 1.44 bits per heavy atom. The van der Waals surface area contributed by atoms with Gasteiger partial charge in [-0.25, -0.2) is 8.78 Å². The number of carboxylic acid groups (broad SMARTS) is 1. The van der Waals surface area contributed by atoms with Crippen molar-refractivity contribution in [3.63, 3.8) is 0 Å². The molecule has 5 heteroatoms. The molecule has 1 heterocycles. The van der Waals surface area contributed by atoms with Crippen LogP contribution in [0, 0.1) is 11.3 Å². The number of hydrogen-bond donors (Lipinski definition) is 1. The van der Waals surface area contributed by atoms with Crippen molar-refractivity contribution in [2.24, 2.45) is 11.3 Å². The Balaban J connectivity index is 2.20. The molecular formula is C11H16F2O3. The van der Waals surface area contributed by atoms with Crippen LogP contribution in [0.5, 0.6) is 0 Å². The average molecular weight is 234 g/mol. The smallest absolute Gasteiger partial charge is 0.315 e. The van der Waals surface area contributed by atoms with Crippen LogP contribution in [-0.4, -0.2) is 30.2 Å². The van der Waals surface area contributed by atoms with Gasteiger partial charge in [0.2, 0.25) is 0 Å². The largest absolute Gasteiger partial charge is 0.481 e. The molecule has 0 spiro atoms. The molecule has 1 aliphatic carbocycles. The molecule has 1 N–H and O–H groups in total. The highest BCUT2D eigenvalue weighted by molar-refractivity contribution is 5.76. The van der Waals surface area contributed by atoms with E-state index in [1.807, 2.05) is 0 Å². The Bertz CT molecular complexity index is 289. The minimum atomic E-state index is -3.24. The zero-order chi connectivity index (χ0) is 11.8. The Labute approximate surface area is 92.8 Å². The van der Waals surface area contributed by atoms with Crippen LogP contribution < -0.4 is 0 Å². The third-order valence-corrected chi connectivity index (χ3v) is 3.93. The predicted octanol–water partition coefficient (Wildman–Crippen LogP) is 2.30. The zero-order valence-electron chi connectivity index (χ0n) is 9.05. The molecule has 0 bridgehead atoms. The van der Waals surface area contributed by atoms with E-state index >= 15 is 0 Å². The van der Waals surface area contributed by atoms with E-state index in [1.54, 1.807) is 0 Å². The van der Waals surface area contributed by atoms with E-state index in [0.717, 1.165) is 19.3 Å². The number of aliphatic carboxylic acids is 1. The molecule has 0 aromatic heterocycles. The van der Waals surface area contributed by atoms with E-state index in [4.69, 9.17) is 9.84 Å². The fourth-order valence-corrected chi connectivity index (χ4v) is 2.56. The lowest BCUT2D eigenvalue weighted by Crippen LogP contribution is -2.55. The van der Waals surface area contributed by atoms with Crippen LogP contribution in [0.4, 0.5) is 8.78 Å². The quantitative estimate of drug-likeness (QED) is 0.815. The normalized spacial score (nSPS) is 34.4. The molecule has 2 fully saturated rings. The summed E-state index contributed by atoms with van der Waals surface area (Å²) in [5, 5.41) is 9.16. The van der Waals surface area contributed by atoms with Gasteiger partial charge >= 0.3 is 5.97 Å². The Morgan fingerprint density at radius 2 is 2.12 bits per heavy atom. The van der Waals surface area contributed by atoms with Gasteiger partial charge in [0.15, 0.2) is 0 Å². The van der Waals surface area contributed by atoms with Gasteiger partial charge in [-0.1, -0.05) is 19.3 Å². The summed E-state index contributed by atoms with van der Waals surface area (Å²) in [5.74, 6) is -4.46. The summed E-state index contributed by atoms with van der Waals surface area (Å²) >= 11 is 0. The first-order valence-electron chi connectivity index (χ1n) is 5.67. The molecule has 1 aliphatic heterocycles. The van der Waals surface area contributed by atoms with E-state index < -0.39 is 23.9 Å². The molecule has 1 unspecified atom stereocenters. The minimum Gasteiger partial charge on any atom is -0.481 e. The Hall–Kier alpha value is -0.710. The maximum absolute atomic E-state index is 13.8. The van der Waals surface area contributed by atoms with Crippen molar-refractivity contribution >= 4 is 5.97 Å². The molecule has 2 aliphatic rings. The van der Waals surface area contributed by atoms with Crippen LogP contribution in [0.15, 0.2) is 0 Å². The SMILES string of the molecule is O=C(O)C1(CC2CCC2)CCOCC1(F)F. The van der Waals surface area contributed by atoms with Crippen molar-refractivity contribution in [2.75, 3.05) is 13.2 Å². The molecule has 0 radical (unpaired) electrons. The van der Waals surface area contributed by atoms with Gasteiger partial charge in [0, 0.05) is 6.61 Å². The van der Waals surface area contributed by atoms with Crippen molar-refractivity contribution in [2.45, 2.75) is 38.0 Å². The van der Waals surface area contributed by atoms with Crippen LogP contribution >= 0.6 is 0 Å². The van der Waals surface area contributed by atoms with Gasteiger partial charge < -0.3 is 9.84 Å². The van der Waals surface area contributed by atoms with E-state index in [0.29, 0.717) is 0 Å². The second kappa shape index (κ2) is 3.95. The molecule has 2 rings (SSSR count). The number of halogens is 2. The summed E-state index contributed by atoms with van der Waals surface area (Å²) in [7, 11) is 0. The van der Waals surface area contributed by atoms with Gasteiger partial charge in [0.05, 0.1) is 0 Å². The van der Waals surface area contributed by atoms with Gasteiger partial charge in [-0.05, 0) is 18.8 Å². The van der Waals surface area contributed by atoms with Crippen LogP contribution in [0.25, 0.3) is 0 Å². The number of hydrogen-bond acceptors (Lipinski definition) is 2. The Kier molecular flexibility index (Phi) is 2.90. The highest BCUT2D eigenvalue weighted by Gasteiger charge is 2.61.